The third kappa shape index (κ3) is 5.76. The second kappa shape index (κ2) is 8.16. The average molecular weight is 264 g/mol. The molecule has 0 aliphatic rings. The Bertz CT molecular complexity index is 341. The van der Waals surface area contributed by atoms with E-state index in [0.29, 0.717) is 26.4 Å². The highest BCUT2D eigenvalue weighted by Gasteiger charge is 2.04. The van der Waals surface area contributed by atoms with E-state index in [4.69, 9.17) is 21.1 Å². The average Bonchev–Trinajstić information content (AvgIpc) is 2.32. The highest BCUT2D eigenvalue weighted by Crippen LogP contribution is 2.11. The number of nitrogens with one attached hydrogen (secondary N) is 1. The minimum Gasteiger partial charge on any atom is -0.382 e. The Labute approximate surface area is 104 Å². The number of hydrogen-bond acceptors (Lipinski definition) is 5. The van der Waals surface area contributed by atoms with Gasteiger partial charge in [0.05, 0.1) is 19.4 Å². The molecule has 7 heteroatoms. The predicted molar refractivity (Wildman–Crippen MR) is 62.8 cm³/mol. The van der Waals surface area contributed by atoms with E-state index in [2.05, 4.69) is 15.3 Å². The van der Waals surface area contributed by atoms with Crippen molar-refractivity contribution in [2.45, 2.75) is 6.42 Å². The summed E-state index contributed by atoms with van der Waals surface area (Å²) in [6.07, 6.45) is 1.78. The lowest BCUT2D eigenvalue weighted by atomic mass is 10.4. The molecule has 1 aromatic heterocycles. The van der Waals surface area contributed by atoms with Crippen LogP contribution in [0.2, 0.25) is 5.28 Å². The molecule has 0 aromatic carbocycles. The second-order valence-electron chi connectivity index (χ2n) is 3.22. The topological polar surface area (TPSA) is 56.3 Å². The Kier molecular flexibility index (Phi) is 6.76. The van der Waals surface area contributed by atoms with Crippen LogP contribution in [0.25, 0.3) is 0 Å². The van der Waals surface area contributed by atoms with Crippen LogP contribution < -0.4 is 5.32 Å². The largest absolute Gasteiger partial charge is 0.382 e. The fourth-order valence-electron chi connectivity index (χ4n) is 1.09. The maximum absolute atomic E-state index is 13.2. The van der Waals surface area contributed by atoms with Crippen molar-refractivity contribution in [3.63, 3.8) is 0 Å². The smallest absolute Gasteiger partial charge is 0.224 e. The lowest BCUT2D eigenvalue weighted by Gasteiger charge is -2.06. The molecule has 0 saturated heterocycles. The third-order valence-corrected chi connectivity index (χ3v) is 2.09. The molecule has 0 atom stereocenters. The van der Waals surface area contributed by atoms with Crippen LogP contribution in [0.5, 0.6) is 0 Å². The first-order valence-electron chi connectivity index (χ1n) is 5.22. The van der Waals surface area contributed by atoms with Gasteiger partial charge in [0.1, 0.15) is 0 Å². The van der Waals surface area contributed by atoms with Crippen molar-refractivity contribution in [1.29, 1.82) is 0 Å². The highest BCUT2D eigenvalue weighted by molar-refractivity contribution is 6.28. The van der Waals surface area contributed by atoms with Gasteiger partial charge < -0.3 is 14.8 Å². The molecule has 0 radical (unpaired) electrons. The summed E-state index contributed by atoms with van der Waals surface area (Å²) in [6, 6.07) is 0. The van der Waals surface area contributed by atoms with Crippen molar-refractivity contribution >= 4 is 17.4 Å². The molecule has 5 nitrogen and oxygen atoms in total. The zero-order chi connectivity index (χ0) is 12.5. The van der Waals surface area contributed by atoms with Crippen LogP contribution in [-0.4, -0.2) is 43.4 Å². The molecule has 0 aliphatic carbocycles. The molecule has 0 spiro atoms. The minimum absolute atomic E-state index is 0.0187. The van der Waals surface area contributed by atoms with Gasteiger partial charge in [-0.2, -0.15) is 4.98 Å². The molecule has 1 heterocycles. The van der Waals surface area contributed by atoms with Crippen LogP contribution in [0.3, 0.4) is 0 Å². The molecule has 0 aliphatic heterocycles. The molecule has 0 fully saturated rings. The van der Waals surface area contributed by atoms with Gasteiger partial charge in [-0.15, -0.1) is 0 Å². The first-order chi connectivity index (χ1) is 8.24. The van der Waals surface area contributed by atoms with E-state index >= 15 is 0 Å². The zero-order valence-corrected chi connectivity index (χ0v) is 10.3. The molecule has 0 amide bonds. The summed E-state index contributed by atoms with van der Waals surface area (Å²) in [5.41, 5.74) is 0. The molecule has 0 saturated carbocycles. The van der Waals surface area contributed by atoms with Gasteiger partial charge in [0.25, 0.3) is 0 Å². The Hall–Kier alpha value is -0.980. The fourth-order valence-corrected chi connectivity index (χ4v) is 1.23. The summed E-state index contributed by atoms with van der Waals surface area (Å²) in [7, 11) is 1.62. The minimum atomic E-state index is -0.519. The molecule has 1 rings (SSSR count). The number of rotatable bonds is 8. The maximum atomic E-state index is 13.2. The monoisotopic (exact) mass is 263 g/mol. The Morgan fingerprint density at radius 2 is 2.24 bits per heavy atom. The number of anilines is 1. The first kappa shape index (κ1) is 14.1. The van der Waals surface area contributed by atoms with Gasteiger partial charge in [-0.3, -0.25) is 0 Å². The fraction of sp³-hybridized carbons (Fsp3) is 0.600. The van der Waals surface area contributed by atoms with Crippen LogP contribution in [0.1, 0.15) is 6.42 Å². The summed E-state index contributed by atoms with van der Waals surface area (Å²) in [5.74, 6) is -0.406. The Morgan fingerprint density at radius 3 is 3.00 bits per heavy atom. The van der Waals surface area contributed by atoms with Crippen molar-refractivity contribution in [2.24, 2.45) is 0 Å². The quantitative estimate of drug-likeness (QED) is 0.572. The number of hydrogen-bond donors (Lipinski definition) is 1. The van der Waals surface area contributed by atoms with Crippen molar-refractivity contribution in [1.82, 2.24) is 9.97 Å². The number of ether oxygens (including phenoxy) is 2. The first-order valence-corrected chi connectivity index (χ1v) is 5.60. The molecule has 0 unspecified atom stereocenters. The second-order valence-corrected chi connectivity index (χ2v) is 3.56. The van der Waals surface area contributed by atoms with E-state index in [1.807, 2.05) is 0 Å². The van der Waals surface area contributed by atoms with E-state index in [-0.39, 0.29) is 11.1 Å². The number of nitrogens with zero attached hydrogens (tertiary/aromatic N) is 2. The molecule has 1 aromatic rings. The van der Waals surface area contributed by atoms with Crippen LogP contribution in [0, 0.1) is 5.82 Å². The summed E-state index contributed by atoms with van der Waals surface area (Å²) < 4.78 is 23.2. The standard InChI is InChI=1S/C10H15ClFN3O2/c1-16-5-6-17-4-2-3-13-9-8(12)7-14-10(11)15-9/h7H,2-6H2,1H3,(H,13,14,15). The van der Waals surface area contributed by atoms with E-state index in [1.54, 1.807) is 7.11 Å². The molecule has 17 heavy (non-hydrogen) atoms. The number of aromatic nitrogens is 2. The Balaban J connectivity index is 2.15. The molecule has 1 N–H and O–H groups in total. The van der Waals surface area contributed by atoms with Gasteiger partial charge in [-0.05, 0) is 18.0 Å². The van der Waals surface area contributed by atoms with Gasteiger partial charge in [0.15, 0.2) is 11.6 Å². The maximum Gasteiger partial charge on any atom is 0.224 e. The van der Waals surface area contributed by atoms with Gasteiger partial charge >= 0.3 is 0 Å². The highest BCUT2D eigenvalue weighted by atomic mass is 35.5. The SMILES string of the molecule is COCCOCCCNc1nc(Cl)ncc1F. The predicted octanol–water partition coefficient (Wildman–Crippen LogP) is 1.73. The third-order valence-electron chi connectivity index (χ3n) is 1.90. The lowest BCUT2D eigenvalue weighted by molar-refractivity contribution is 0.0705. The van der Waals surface area contributed by atoms with Gasteiger partial charge in [-0.1, -0.05) is 0 Å². The summed E-state index contributed by atoms with van der Waals surface area (Å²) in [5, 5.41) is 2.84. The van der Waals surface area contributed by atoms with E-state index < -0.39 is 5.82 Å². The van der Waals surface area contributed by atoms with E-state index in [1.165, 1.54) is 0 Å². The van der Waals surface area contributed by atoms with Gasteiger partial charge in [0, 0.05) is 20.3 Å². The summed E-state index contributed by atoms with van der Waals surface area (Å²) in [6.45, 7) is 2.27. The van der Waals surface area contributed by atoms with Crippen LogP contribution >= 0.6 is 11.6 Å². The van der Waals surface area contributed by atoms with Crippen molar-refractivity contribution in [3.8, 4) is 0 Å². The number of methoxy groups -OCH3 is 1. The van der Waals surface area contributed by atoms with Crippen molar-refractivity contribution < 1.29 is 13.9 Å². The summed E-state index contributed by atoms with van der Waals surface area (Å²) in [4.78, 5) is 7.25. The molecule has 0 bridgehead atoms. The van der Waals surface area contributed by atoms with E-state index in [9.17, 15) is 4.39 Å². The van der Waals surface area contributed by atoms with Crippen molar-refractivity contribution in [3.05, 3.63) is 17.3 Å². The summed E-state index contributed by atoms with van der Waals surface area (Å²) >= 11 is 5.55. The van der Waals surface area contributed by atoms with Crippen LogP contribution in [0.15, 0.2) is 6.20 Å². The number of halogens is 2. The van der Waals surface area contributed by atoms with Gasteiger partial charge in [0.2, 0.25) is 5.28 Å². The Morgan fingerprint density at radius 1 is 1.41 bits per heavy atom. The van der Waals surface area contributed by atoms with Crippen LogP contribution in [-0.2, 0) is 9.47 Å². The lowest BCUT2D eigenvalue weighted by Crippen LogP contribution is -2.10. The molecular weight excluding hydrogens is 249 g/mol. The zero-order valence-electron chi connectivity index (χ0n) is 9.58. The normalized spacial score (nSPS) is 10.5. The molecule has 96 valence electrons. The molecular formula is C10H15ClFN3O2. The van der Waals surface area contributed by atoms with Crippen molar-refractivity contribution in [2.75, 3.05) is 38.8 Å². The van der Waals surface area contributed by atoms with Gasteiger partial charge in [-0.25, -0.2) is 9.37 Å². The van der Waals surface area contributed by atoms with E-state index in [0.717, 1.165) is 12.6 Å². The van der Waals surface area contributed by atoms with Crippen LogP contribution in [0.4, 0.5) is 10.2 Å².